The summed E-state index contributed by atoms with van der Waals surface area (Å²) in [4.78, 5) is 4.52. The third kappa shape index (κ3) is 2.21. The molecule has 1 aliphatic carbocycles. The molecule has 6 rings (SSSR count). The van der Waals surface area contributed by atoms with Crippen molar-refractivity contribution in [2.24, 2.45) is 0 Å². The molecule has 0 bridgehead atoms. The van der Waals surface area contributed by atoms with E-state index < -0.39 is 5.41 Å². The van der Waals surface area contributed by atoms with E-state index in [4.69, 9.17) is 11.6 Å². The largest absolute Gasteiger partial charge is 0.264 e. The van der Waals surface area contributed by atoms with Crippen LogP contribution in [0.5, 0.6) is 0 Å². The number of fused-ring (bicyclic) bond motifs is 5. The van der Waals surface area contributed by atoms with Gasteiger partial charge in [-0.1, -0.05) is 96.5 Å². The number of pyridine rings is 1. The van der Waals surface area contributed by atoms with Crippen LogP contribution in [-0.4, -0.2) is 4.98 Å². The lowest BCUT2D eigenvalue weighted by molar-refractivity contribution is 0.769. The van der Waals surface area contributed by atoms with Crippen molar-refractivity contribution >= 4 is 22.4 Å². The van der Waals surface area contributed by atoms with E-state index in [1.54, 1.807) is 0 Å². The van der Waals surface area contributed by atoms with Crippen LogP contribution in [0.3, 0.4) is 0 Å². The molecule has 142 valence electrons. The maximum atomic E-state index is 6.78. The van der Waals surface area contributed by atoms with Gasteiger partial charge in [0.1, 0.15) is 0 Å². The Bertz CT molecular complexity index is 1350. The second kappa shape index (κ2) is 6.55. The number of halogens is 1. The lowest BCUT2D eigenvalue weighted by Crippen LogP contribution is -2.29. The summed E-state index contributed by atoms with van der Waals surface area (Å²) in [5, 5.41) is 3.05. The monoisotopic (exact) mass is 403 g/mol. The predicted octanol–water partition coefficient (Wildman–Crippen LogP) is 7.25. The van der Waals surface area contributed by atoms with Crippen molar-refractivity contribution in [1.29, 1.82) is 0 Å². The van der Waals surface area contributed by atoms with Gasteiger partial charge in [0, 0.05) is 22.8 Å². The molecular formula is C28H18ClN. The Morgan fingerprint density at radius 3 is 2.13 bits per heavy atom. The van der Waals surface area contributed by atoms with Gasteiger partial charge in [-0.15, -0.1) is 0 Å². The fourth-order valence-corrected chi connectivity index (χ4v) is 5.44. The third-order valence-corrected chi connectivity index (χ3v) is 6.60. The van der Waals surface area contributed by atoms with Crippen LogP contribution in [-0.2, 0) is 5.41 Å². The van der Waals surface area contributed by atoms with Gasteiger partial charge in [-0.25, -0.2) is 0 Å². The van der Waals surface area contributed by atoms with E-state index in [0.717, 1.165) is 16.0 Å². The van der Waals surface area contributed by atoms with Crippen molar-refractivity contribution in [1.82, 2.24) is 4.98 Å². The van der Waals surface area contributed by atoms with Crippen molar-refractivity contribution in [3.05, 3.63) is 137 Å². The van der Waals surface area contributed by atoms with Crippen LogP contribution in [0.15, 0.2) is 109 Å². The molecule has 0 saturated carbocycles. The van der Waals surface area contributed by atoms with Gasteiger partial charge < -0.3 is 0 Å². The summed E-state index contributed by atoms with van der Waals surface area (Å²) >= 11 is 6.78. The van der Waals surface area contributed by atoms with Crippen LogP contribution in [0.1, 0.15) is 22.3 Å². The number of benzene rings is 4. The molecule has 0 radical (unpaired) electrons. The standard InChI is InChI=1S/C28H18ClN/c29-26-17-24-21-12-6-7-15-25(21)28(19-9-2-1-3-10-19,20-11-8-16-30-18-20)27(24)23-14-5-4-13-22(23)26/h1-18H. The van der Waals surface area contributed by atoms with Gasteiger partial charge in [0.25, 0.3) is 0 Å². The van der Waals surface area contributed by atoms with Gasteiger partial charge in [-0.3, -0.25) is 4.98 Å². The Kier molecular flexibility index (Phi) is 3.81. The first kappa shape index (κ1) is 17.4. The maximum Gasteiger partial charge on any atom is 0.0734 e. The molecule has 2 heteroatoms. The Labute approximate surface area is 180 Å². The van der Waals surface area contributed by atoms with Crippen molar-refractivity contribution in [2.45, 2.75) is 5.41 Å². The molecule has 0 fully saturated rings. The van der Waals surface area contributed by atoms with Crippen LogP contribution < -0.4 is 0 Å². The average molecular weight is 404 g/mol. The molecule has 5 aromatic rings. The number of hydrogen-bond acceptors (Lipinski definition) is 1. The lowest BCUT2D eigenvalue weighted by Gasteiger charge is -2.34. The van der Waals surface area contributed by atoms with E-state index >= 15 is 0 Å². The minimum atomic E-state index is -0.453. The predicted molar refractivity (Wildman–Crippen MR) is 124 cm³/mol. The lowest BCUT2D eigenvalue weighted by atomic mass is 9.67. The van der Waals surface area contributed by atoms with Crippen LogP contribution in [0.2, 0.25) is 5.02 Å². The summed E-state index contributed by atoms with van der Waals surface area (Å²) in [7, 11) is 0. The molecule has 1 aromatic heterocycles. The molecule has 4 aromatic carbocycles. The maximum absolute atomic E-state index is 6.78. The molecule has 0 amide bonds. The first-order valence-corrected chi connectivity index (χ1v) is 10.5. The highest BCUT2D eigenvalue weighted by Gasteiger charge is 2.47. The summed E-state index contributed by atoms with van der Waals surface area (Å²) in [6, 6.07) is 34.3. The highest BCUT2D eigenvalue weighted by molar-refractivity contribution is 6.36. The van der Waals surface area contributed by atoms with Crippen molar-refractivity contribution in [3.63, 3.8) is 0 Å². The zero-order chi connectivity index (χ0) is 20.1. The van der Waals surface area contributed by atoms with E-state index in [2.05, 4.69) is 96.0 Å². The molecule has 1 atom stereocenters. The highest BCUT2D eigenvalue weighted by Crippen LogP contribution is 2.58. The zero-order valence-corrected chi connectivity index (χ0v) is 17.0. The van der Waals surface area contributed by atoms with Crippen molar-refractivity contribution in [3.8, 4) is 11.1 Å². The second-order valence-electron chi connectivity index (χ2n) is 7.73. The SMILES string of the molecule is Clc1cc2c(c3ccccc13)C(c1ccccc1)(c1cccnc1)c1ccccc1-2. The minimum absolute atomic E-state index is 0.453. The Morgan fingerprint density at radius 1 is 0.633 bits per heavy atom. The van der Waals surface area contributed by atoms with Crippen LogP contribution in [0.4, 0.5) is 0 Å². The highest BCUT2D eigenvalue weighted by atomic mass is 35.5. The second-order valence-corrected chi connectivity index (χ2v) is 8.14. The number of rotatable bonds is 2. The zero-order valence-electron chi connectivity index (χ0n) is 16.2. The van der Waals surface area contributed by atoms with Gasteiger partial charge >= 0.3 is 0 Å². The first-order valence-electron chi connectivity index (χ1n) is 10.1. The molecular weight excluding hydrogens is 386 g/mol. The average Bonchev–Trinajstić information content (AvgIpc) is 3.12. The molecule has 1 aliphatic rings. The summed E-state index contributed by atoms with van der Waals surface area (Å²) in [5.41, 5.74) is 6.92. The van der Waals surface area contributed by atoms with Gasteiger partial charge in [0.05, 0.1) is 5.41 Å². The summed E-state index contributed by atoms with van der Waals surface area (Å²) in [6.07, 6.45) is 3.84. The van der Waals surface area contributed by atoms with Gasteiger partial charge in [-0.2, -0.15) is 0 Å². The first-order chi connectivity index (χ1) is 14.8. The summed E-state index contributed by atoms with van der Waals surface area (Å²) in [6.45, 7) is 0. The summed E-state index contributed by atoms with van der Waals surface area (Å²) < 4.78 is 0. The normalized spacial score (nSPS) is 17.0. The van der Waals surface area contributed by atoms with Gasteiger partial charge in [-0.05, 0) is 50.9 Å². The molecule has 0 N–H and O–H groups in total. The summed E-state index contributed by atoms with van der Waals surface area (Å²) in [5.74, 6) is 0. The molecule has 0 spiro atoms. The van der Waals surface area contributed by atoms with Crippen molar-refractivity contribution in [2.75, 3.05) is 0 Å². The molecule has 0 aliphatic heterocycles. The smallest absolute Gasteiger partial charge is 0.0734 e. The minimum Gasteiger partial charge on any atom is -0.264 e. The molecule has 30 heavy (non-hydrogen) atoms. The molecule has 0 saturated heterocycles. The third-order valence-electron chi connectivity index (χ3n) is 6.29. The van der Waals surface area contributed by atoms with E-state index in [1.165, 1.54) is 33.2 Å². The Hall–Kier alpha value is -3.42. The number of hydrogen-bond donors (Lipinski definition) is 0. The van der Waals surface area contributed by atoms with Crippen LogP contribution in [0, 0.1) is 0 Å². The van der Waals surface area contributed by atoms with Gasteiger partial charge in [0.15, 0.2) is 0 Å². The molecule has 1 unspecified atom stereocenters. The fraction of sp³-hybridized carbons (Fsp3) is 0.0357. The van der Waals surface area contributed by atoms with Crippen molar-refractivity contribution < 1.29 is 0 Å². The van der Waals surface area contributed by atoms with E-state index in [-0.39, 0.29) is 0 Å². The van der Waals surface area contributed by atoms with E-state index in [0.29, 0.717) is 0 Å². The number of nitrogens with zero attached hydrogens (tertiary/aromatic N) is 1. The molecule has 1 nitrogen and oxygen atoms in total. The Morgan fingerprint density at radius 2 is 1.33 bits per heavy atom. The van der Waals surface area contributed by atoms with E-state index in [9.17, 15) is 0 Å². The van der Waals surface area contributed by atoms with Crippen LogP contribution >= 0.6 is 11.6 Å². The number of aromatic nitrogens is 1. The van der Waals surface area contributed by atoms with Crippen LogP contribution in [0.25, 0.3) is 21.9 Å². The quantitative estimate of drug-likeness (QED) is 0.296. The van der Waals surface area contributed by atoms with Gasteiger partial charge in [0.2, 0.25) is 0 Å². The fourth-order valence-electron chi connectivity index (χ4n) is 5.17. The topological polar surface area (TPSA) is 12.9 Å². The van der Waals surface area contributed by atoms with E-state index in [1.807, 2.05) is 18.5 Å². The Balaban J connectivity index is 1.90. The molecule has 1 heterocycles.